The van der Waals surface area contributed by atoms with E-state index in [1.807, 2.05) is 30.3 Å². The van der Waals surface area contributed by atoms with Crippen molar-refractivity contribution in [1.82, 2.24) is 20.0 Å². The molecule has 4 rings (SSSR count). The van der Waals surface area contributed by atoms with Gasteiger partial charge in [0, 0.05) is 18.9 Å². The molecular weight excluding hydrogens is 358 g/mol. The number of carbonyl (C=O) groups is 1. The van der Waals surface area contributed by atoms with E-state index in [1.165, 1.54) is 0 Å². The van der Waals surface area contributed by atoms with Crippen molar-refractivity contribution in [2.75, 3.05) is 18.9 Å². The molecule has 2 aromatic heterocycles. The van der Waals surface area contributed by atoms with Crippen molar-refractivity contribution >= 4 is 11.6 Å². The number of rotatable bonds is 5. The van der Waals surface area contributed by atoms with Crippen LogP contribution in [0.25, 0.3) is 11.5 Å². The molecule has 1 aromatic carbocycles. The average molecular weight is 379 g/mol. The SMILES string of the molecule is Nc1cncc(-c2nc([C@H]3CCCCN3C(=O)COc3ccccc3)no2)c1. The van der Waals surface area contributed by atoms with Gasteiger partial charge in [-0.3, -0.25) is 9.78 Å². The highest BCUT2D eigenvalue weighted by atomic mass is 16.5. The lowest BCUT2D eigenvalue weighted by Gasteiger charge is -2.33. The van der Waals surface area contributed by atoms with E-state index >= 15 is 0 Å². The van der Waals surface area contributed by atoms with Gasteiger partial charge < -0.3 is 19.9 Å². The lowest BCUT2D eigenvalue weighted by atomic mass is 10.0. The van der Waals surface area contributed by atoms with Crippen molar-refractivity contribution in [2.24, 2.45) is 0 Å². The first-order valence-corrected chi connectivity index (χ1v) is 9.22. The number of hydrogen-bond donors (Lipinski definition) is 1. The summed E-state index contributed by atoms with van der Waals surface area (Å²) in [5.74, 6) is 1.41. The zero-order valence-corrected chi connectivity index (χ0v) is 15.3. The molecule has 0 unspecified atom stereocenters. The molecule has 28 heavy (non-hydrogen) atoms. The number of nitrogens with zero attached hydrogens (tertiary/aromatic N) is 4. The summed E-state index contributed by atoms with van der Waals surface area (Å²) in [6.45, 7) is 0.621. The summed E-state index contributed by atoms with van der Waals surface area (Å²) in [6, 6.07) is 10.8. The maximum atomic E-state index is 12.8. The van der Waals surface area contributed by atoms with Gasteiger partial charge in [0.1, 0.15) is 5.75 Å². The molecule has 3 heterocycles. The highest BCUT2D eigenvalue weighted by molar-refractivity contribution is 5.78. The third kappa shape index (κ3) is 3.95. The van der Waals surface area contributed by atoms with Crippen LogP contribution in [-0.4, -0.2) is 39.1 Å². The normalized spacial score (nSPS) is 16.7. The Bertz CT molecular complexity index is 944. The Morgan fingerprint density at radius 2 is 2.11 bits per heavy atom. The number of anilines is 1. The number of benzene rings is 1. The third-order valence-electron chi connectivity index (χ3n) is 4.67. The zero-order chi connectivity index (χ0) is 19.3. The Kier molecular flexibility index (Phi) is 5.18. The van der Waals surface area contributed by atoms with E-state index in [4.69, 9.17) is 15.0 Å². The van der Waals surface area contributed by atoms with Crippen molar-refractivity contribution in [2.45, 2.75) is 25.3 Å². The van der Waals surface area contributed by atoms with Crippen LogP contribution in [0.1, 0.15) is 31.1 Å². The number of ether oxygens (including phenoxy) is 1. The predicted octanol–water partition coefficient (Wildman–Crippen LogP) is 2.85. The lowest BCUT2D eigenvalue weighted by Crippen LogP contribution is -2.41. The number of nitrogen functional groups attached to an aromatic ring is 1. The molecule has 0 aliphatic carbocycles. The second-order valence-corrected chi connectivity index (χ2v) is 6.67. The van der Waals surface area contributed by atoms with Crippen LogP contribution in [0.5, 0.6) is 5.75 Å². The molecule has 0 radical (unpaired) electrons. The number of para-hydroxylation sites is 1. The van der Waals surface area contributed by atoms with Gasteiger partial charge in [-0.05, 0) is 37.5 Å². The standard InChI is InChI=1S/C20H21N5O3/c21-15-10-14(11-22-12-15)20-23-19(24-28-20)17-8-4-5-9-25(17)18(26)13-27-16-6-2-1-3-7-16/h1-3,6-7,10-12,17H,4-5,8-9,13,21H2/t17-/m1/s1. The number of piperidine rings is 1. The Morgan fingerprint density at radius 3 is 2.93 bits per heavy atom. The summed E-state index contributed by atoms with van der Waals surface area (Å²) in [5, 5.41) is 4.11. The van der Waals surface area contributed by atoms with Crippen LogP contribution >= 0.6 is 0 Å². The zero-order valence-electron chi connectivity index (χ0n) is 15.3. The molecule has 0 spiro atoms. The van der Waals surface area contributed by atoms with Gasteiger partial charge in [0.05, 0.1) is 17.3 Å². The first kappa shape index (κ1) is 18.0. The van der Waals surface area contributed by atoms with Crippen LogP contribution in [0.2, 0.25) is 0 Å². The van der Waals surface area contributed by atoms with Crippen molar-refractivity contribution in [3.8, 4) is 17.2 Å². The Hall–Kier alpha value is -3.42. The summed E-state index contributed by atoms with van der Waals surface area (Å²) in [6.07, 6.45) is 5.89. The van der Waals surface area contributed by atoms with Crippen LogP contribution in [0, 0.1) is 0 Å². The number of aromatic nitrogens is 3. The number of hydrogen-bond acceptors (Lipinski definition) is 7. The van der Waals surface area contributed by atoms with Gasteiger partial charge in [-0.2, -0.15) is 4.98 Å². The van der Waals surface area contributed by atoms with Crippen LogP contribution < -0.4 is 10.5 Å². The fourth-order valence-corrected chi connectivity index (χ4v) is 3.31. The second kappa shape index (κ2) is 8.08. The van der Waals surface area contributed by atoms with E-state index in [-0.39, 0.29) is 18.6 Å². The molecule has 8 nitrogen and oxygen atoms in total. The minimum Gasteiger partial charge on any atom is -0.484 e. The number of amides is 1. The lowest BCUT2D eigenvalue weighted by molar-refractivity contribution is -0.137. The summed E-state index contributed by atoms with van der Waals surface area (Å²) in [7, 11) is 0. The van der Waals surface area contributed by atoms with E-state index in [0.717, 1.165) is 19.3 Å². The molecule has 1 amide bonds. The van der Waals surface area contributed by atoms with Crippen molar-refractivity contribution < 1.29 is 14.1 Å². The van der Waals surface area contributed by atoms with Crippen LogP contribution in [-0.2, 0) is 4.79 Å². The van der Waals surface area contributed by atoms with Gasteiger partial charge in [-0.15, -0.1) is 0 Å². The predicted molar refractivity (Wildman–Crippen MR) is 102 cm³/mol. The summed E-state index contributed by atoms with van der Waals surface area (Å²) in [5.41, 5.74) is 6.94. The highest BCUT2D eigenvalue weighted by Crippen LogP contribution is 2.31. The molecule has 0 saturated carbocycles. The maximum Gasteiger partial charge on any atom is 0.261 e. The third-order valence-corrected chi connectivity index (χ3v) is 4.67. The molecule has 8 heteroatoms. The number of pyridine rings is 1. The van der Waals surface area contributed by atoms with Gasteiger partial charge >= 0.3 is 0 Å². The van der Waals surface area contributed by atoms with E-state index in [1.54, 1.807) is 23.4 Å². The van der Waals surface area contributed by atoms with Gasteiger partial charge in [0.2, 0.25) is 0 Å². The number of likely N-dealkylation sites (tertiary alicyclic amines) is 1. The fourth-order valence-electron chi connectivity index (χ4n) is 3.31. The average Bonchev–Trinajstić information content (AvgIpc) is 3.23. The van der Waals surface area contributed by atoms with E-state index in [9.17, 15) is 4.79 Å². The minimum absolute atomic E-state index is 0.0235. The molecule has 3 aromatic rings. The molecular formula is C20H21N5O3. The second-order valence-electron chi connectivity index (χ2n) is 6.67. The topological polar surface area (TPSA) is 107 Å². The molecule has 2 N–H and O–H groups in total. The molecule has 1 aliphatic rings. The molecule has 1 saturated heterocycles. The van der Waals surface area contributed by atoms with Gasteiger partial charge in [0.25, 0.3) is 11.8 Å². The Balaban J connectivity index is 1.48. The Labute approximate surface area is 162 Å². The fraction of sp³-hybridized carbons (Fsp3) is 0.300. The summed E-state index contributed by atoms with van der Waals surface area (Å²) < 4.78 is 11.0. The molecule has 1 atom stereocenters. The van der Waals surface area contributed by atoms with E-state index < -0.39 is 0 Å². The summed E-state index contributed by atoms with van der Waals surface area (Å²) >= 11 is 0. The minimum atomic E-state index is -0.229. The molecule has 0 bridgehead atoms. The first-order valence-electron chi connectivity index (χ1n) is 9.22. The molecule has 1 aliphatic heterocycles. The quantitative estimate of drug-likeness (QED) is 0.726. The van der Waals surface area contributed by atoms with Gasteiger partial charge in [0.15, 0.2) is 12.4 Å². The summed E-state index contributed by atoms with van der Waals surface area (Å²) in [4.78, 5) is 23.1. The van der Waals surface area contributed by atoms with Crippen molar-refractivity contribution in [3.05, 3.63) is 54.6 Å². The highest BCUT2D eigenvalue weighted by Gasteiger charge is 2.31. The smallest absolute Gasteiger partial charge is 0.261 e. The van der Waals surface area contributed by atoms with Crippen LogP contribution in [0.4, 0.5) is 5.69 Å². The molecule has 144 valence electrons. The van der Waals surface area contributed by atoms with Crippen molar-refractivity contribution in [3.63, 3.8) is 0 Å². The van der Waals surface area contributed by atoms with Crippen molar-refractivity contribution in [1.29, 1.82) is 0 Å². The van der Waals surface area contributed by atoms with E-state index in [0.29, 0.717) is 35.3 Å². The Morgan fingerprint density at radius 1 is 1.25 bits per heavy atom. The number of carbonyl (C=O) groups excluding carboxylic acids is 1. The van der Waals surface area contributed by atoms with Gasteiger partial charge in [-0.25, -0.2) is 0 Å². The van der Waals surface area contributed by atoms with Crippen LogP contribution in [0.3, 0.4) is 0 Å². The maximum absolute atomic E-state index is 12.8. The largest absolute Gasteiger partial charge is 0.484 e. The molecule has 1 fully saturated rings. The van der Waals surface area contributed by atoms with E-state index in [2.05, 4.69) is 15.1 Å². The first-order chi connectivity index (χ1) is 13.7. The number of nitrogens with two attached hydrogens (primary N) is 1. The monoisotopic (exact) mass is 379 g/mol. The van der Waals surface area contributed by atoms with Crippen LogP contribution in [0.15, 0.2) is 53.3 Å². The van der Waals surface area contributed by atoms with Gasteiger partial charge in [-0.1, -0.05) is 23.4 Å².